The minimum atomic E-state index is -0.380. The van der Waals surface area contributed by atoms with Gasteiger partial charge in [-0.25, -0.2) is 9.18 Å². The van der Waals surface area contributed by atoms with Crippen molar-refractivity contribution in [1.82, 2.24) is 19.8 Å². The van der Waals surface area contributed by atoms with Crippen LogP contribution in [0.2, 0.25) is 0 Å². The van der Waals surface area contributed by atoms with Crippen molar-refractivity contribution in [1.29, 1.82) is 0 Å². The third-order valence-corrected chi connectivity index (χ3v) is 3.88. The van der Waals surface area contributed by atoms with Crippen LogP contribution in [0, 0.1) is 24.6 Å². The lowest BCUT2D eigenvalue weighted by Crippen LogP contribution is -2.23. The molecule has 0 fully saturated rings. The first kappa shape index (κ1) is 17.4. The van der Waals surface area contributed by atoms with Crippen LogP contribution in [0.15, 0.2) is 41.2 Å². The van der Waals surface area contributed by atoms with E-state index in [0.29, 0.717) is 22.6 Å². The zero-order valence-electron chi connectivity index (χ0n) is 14.7. The van der Waals surface area contributed by atoms with E-state index in [9.17, 15) is 9.18 Å². The number of rotatable bonds is 4. The van der Waals surface area contributed by atoms with Gasteiger partial charge >= 0.3 is 5.69 Å². The topological polar surface area (TPSA) is 61.9 Å². The predicted molar refractivity (Wildman–Crippen MR) is 94.6 cm³/mol. The summed E-state index contributed by atoms with van der Waals surface area (Å²) in [5.74, 6) is 5.90. The van der Waals surface area contributed by atoms with Crippen LogP contribution in [0.1, 0.15) is 23.6 Å². The van der Waals surface area contributed by atoms with Crippen LogP contribution in [0.5, 0.6) is 5.75 Å². The molecule has 0 aliphatic heterocycles. The molecule has 132 valence electrons. The van der Waals surface area contributed by atoms with Crippen LogP contribution in [0.4, 0.5) is 4.39 Å². The summed E-state index contributed by atoms with van der Waals surface area (Å²) in [5, 5.41) is 7.63. The first-order valence-corrected chi connectivity index (χ1v) is 7.94. The van der Waals surface area contributed by atoms with Crippen molar-refractivity contribution in [2.45, 2.75) is 20.5 Å². The van der Waals surface area contributed by atoms with Gasteiger partial charge in [-0.1, -0.05) is 18.1 Å². The number of benzene rings is 2. The van der Waals surface area contributed by atoms with E-state index in [2.05, 4.69) is 22.3 Å². The third kappa shape index (κ3) is 3.35. The van der Waals surface area contributed by atoms with E-state index < -0.39 is 0 Å². The van der Waals surface area contributed by atoms with E-state index in [1.54, 1.807) is 25.1 Å². The van der Waals surface area contributed by atoms with Gasteiger partial charge in [-0.15, -0.1) is 5.92 Å². The number of halogens is 1. The number of hydrogen-bond donors (Lipinski definition) is 0. The third-order valence-electron chi connectivity index (χ3n) is 3.88. The molecule has 0 spiro atoms. The molecule has 0 aliphatic rings. The second kappa shape index (κ2) is 7.23. The fourth-order valence-corrected chi connectivity index (χ4v) is 2.52. The lowest BCUT2D eigenvalue weighted by Gasteiger charge is -2.13. The number of tetrazole rings is 1. The Bertz CT molecular complexity index is 1070. The SMILES string of the molecule is CC#Cc1cccc(-n2nnn(C)c2=O)c1COc1cc(F)ccc1C. The van der Waals surface area contributed by atoms with Gasteiger partial charge in [0, 0.05) is 24.2 Å². The molecule has 0 saturated carbocycles. The largest absolute Gasteiger partial charge is 0.488 e. The Labute approximate surface area is 149 Å². The summed E-state index contributed by atoms with van der Waals surface area (Å²) in [4.78, 5) is 12.2. The molecule has 0 saturated heterocycles. The second-order valence-corrected chi connectivity index (χ2v) is 5.67. The van der Waals surface area contributed by atoms with E-state index in [0.717, 1.165) is 10.2 Å². The van der Waals surface area contributed by atoms with Crippen molar-refractivity contribution in [3.05, 3.63) is 69.4 Å². The molecule has 0 radical (unpaired) electrons. The monoisotopic (exact) mass is 352 g/mol. The molecule has 0 unspecified atom stereocenters. The van der Waals surface area contributed by atoms with Crippen molar-refractivity contribution >= 4 is 0 Å². The highest BCUT2D eigenvalue weighted by Gasteiger charge is 2.15. The fourth-order valence-electron chi connectivity index (χ4n) is 2.52. The first-order valence-electron chi connectivity index (χ1n) is 7.94. The maximum absolute atomic E-state index is 13.5. The van der Waals surface area contributed by atoms with Crippen molar-refractivity contribution in [2.75, 3.05) is 0 Å². The van der Waals surface area contributed by atoms with Crippen LogP contribution in [-0.4, -0.2) is 19.8 Å². The Kier molecular flexibility index (Phi) is 4.85. The van der Waals surface area contributed by atoms with Gasteiger partial charge in [0.2, 0.25) is 0 Å². The van der Waals surface area contributed by atoms with E-state index in [1.807, 2.05) is 13.0 Å². The van der Waals surface area contributed by atoms with Crippen molar-refractivity contribution in [3.8, 4) is 23.3 Å². The van der Waals surface area contributed by atoms with Gasteiger partial charge in [-0.2, -0.15) is 9.36 Å². The Hall–Kier alpha value is -3.40. The summed E-state index contributed by atoms with van der Waals surface area (Å²) < 4.78 is 21.7. The highest BCUT2D eigenvalue weighted by molar-refractivity contribution is 5.52. The lowest BCUT2D eigenvalue weighted by molar-refractivity contribution is 0.301. The Morgan fingerprint density at radius 1 is 1.23 bits per heavy atom. The molecule has 0 amide bonds. The molecule has 0 N–H and O–H groups in total. The van der Waals surface area contributed by atoms with Crippen LogP contribution in [0.25, 0.3) is 5.69 Å². The minimum absolute atomic E-state index is 0.105. The standard InChI is InChI=1S/C19H17FN4O2/c1-4-6-14-7-5-8-17(24-19(25)23(3)21-22-24)16(14)12-26-18-11-15(20)10-9-13(18)2/h5,7-11H,12H2,1-3H3. The molecule has 3 rings (SSSR count). The van der Waals surface area contributed by atoms with E-state index >= 15 is 0 Å². The molecular formula is C19H17FN4O2. The molecule has 1 aromatic heterocycles. The summed E-state index contributed by atoms with van der Waals surface area (Å²) in [6, 6.07) is 9.72. The zero-order chi connectivity index (χ0) is 18.7. The van der Waals surface area contributed by atoms with Gasteiger partial charge in [0.15, 0.2) is 0 Å². The lowest BCUT2D eigenvalue weighted by atomic mass is 10.1. The quantitative estimate of drug-likeness (QED) is 0.677. The van der Waals surface area contributed by atoms with E-state index in [1.165, 1.54) is 23.9 Å². The zero-order valence-corrected chi connectivity index (χ0v) is 14.7. The Balaban J connectivity index is 2.06. The first-order chi connectivity index (χ1) is 12.5. The van der Waals surface area contributed by atoms with Crippen LogP contribution >= 0.6 is 0 Å². The maximum Gasteiger partial charge on any atom is 0.368 e. The summed E-state index contributed by atoms with van der Waals surface area (Å²) in [6.45, 7) is 3.66. The van der Waals surface area contributed by atoms with Crippen LogP contribution < -0.4 is 10.4 Å². The maximum atomic E-state index is 13.5. The van der Waals surface area contributed by atoms with Gasteiger partial charge in [-0.3, -0.25) is 0 Å². The highest BCUT2D eigenvalue weighted by Crippen LogP contribution is 2.23. The summed E-state index contributed by atoms with van der Waals surface area (Å²) in [7, 11) is 1.52. The number of aryl methyl sites for hydroxylation is 2. The summed E-state index contributed by atoms with van der Waals surface area (Å²) in [6.07, 6.45) is 0. The molecule has 6 nitrogen and oxygen atoms in total. The van der Waals surface area contributed by atoms with Crippen molar-refractivity contribution in [3.63, 3.8) is 0 Å². The van der Waals surface area contributed by atoms with Crippen LogP contribution in [-0.2, 0) is 13.7 Å². The summed E-state index contributed by atoms with van der Waals surface area (Å²) >= 11 is 0. The highest BCUT2D eigenvalue weighted by atomic mass is 19.1. The average molecular weight is 352 g/mol. The second-order valence-electron chi connectivity index (χ2n) is 5.67. The van der Waals surface area contributed by atoms with Crippen LogP contribution in [0.3, 0.4) is 0 Å². The molecule has 0 bridgehead atoms. The molecule has 26 heavy (non-hydrogen) atoms. The molecule has 7 heteroatoms. The minimum Gasteiger partial charge on any atom is -0.488 e. The van der Waals surface area contributed by atoms with Gasteiger partial charge in [0.1, 0.15) is 18.2 Å². The molecule has 0 aliphatic carbocycles. The van der Waals surface area contributed by atoms with Gasteiger partial charge in [-0.05, 0) is 48.0 Å². The summed E-state index contributed by atoms with van der Waals surface area (Å²) in [5.41, 5.74) is 2.33. The van der Waals surface area contributed by atoms with Gasteiger partial charge in [0.25, 0.3) is 0 Å². The molecule has 2 aromatic carbocycles. The normalized spacial score (nSPS) is 10.3. The van der Waals surface area contributed by atoms with Crippen molar-refractivity contribution in [2.24, 2.45) is 7.05 Å². The van der Waals surface area contributed by atoms with E-state index in [4.69, 9.17) is 4.74 Å². The van der Waals surface area contributed by atoms with E-state index in [-0.39, 0.29) is 18.1 Å². The number of hydrogen-bond acceptors (Lipinski definition) is 4. The van der Waals surface area contributed by atoms with Gasteiger partial charge in [0.05, 0.1) is 5.69 Å². The van der Waals surface area contributed by atoms with Crippen molar-refractivity contribution < 1.29 is 9.13 Å². The average Bonchev–Trinajstić information content (AvgIpc) is 2.95. The molecule has 3 aromatic rings. The number of ether oxygens (including phenoxy) is 1. The number of nitrogens with zero attached hydrogens (tertiary/aromatic N) is 4. The Morgan fingerprint density at radius 3 is 2.73 bits per heavy atom. The fraction of sp³-hybridized carbons (Fsp3) is 0.211. The van der Waals surface area contributed by atoms with Gasteiger partial charge < -0.3 is 4.74 Å². The smallest absolute Gasteiger partial charge is 0.368 e. The Morgan fingerprint density at radius 2 is 2.04 bits per heavy atom. The molecule has 1 heterocycles. The molecular weight excluding hydrogens is 335 g/mol. The molecule has 0 atom stereocenters. The predicted octanol–water partition coefficient (Wildman–Crippen LogP) is 2.36. The number of aromatic nitrogens is 4.